The van der Waals surface area contributed by atoms with Crippen LogP contribution < -0.4 is 28.3 Å². The molecular weight excluding hydrogens is 382 g/mol. The largest absolute Gasteiger partial charge is 1.00 e. The standard InChI is InChI=1S/C22H19ClOP.ClH/c23-18-19(24)16-17-25(20-10-4-1-5-11-20,21-12-6-2-7-13-21)22-14-8-3-9-15-22;/h1-17H,18H2;1H/q+1;/p-1/b17-16+;. The number of rotatable bonds is 6. The highest BCUT2D eigenvalue weighted by atomic mass is 35.5. The summed E-state index contributed by atoms with van der Waals surface area (Å²) in [4.78, 5) is 12.0. The molecule has 0 radical (unpaired) electrons. The van der Waals surface area contributed by atoms with Gasteiger partial charge in [-0.05, 0) is 36.4 Å². The van der Waals surface area contributed by atoms with Crippen molar-refractivity contribution in [3.63, 3.8) is 0 Å². The number of hydrogen-bond donors (Lipinski definition) is 0. The van der Waals surface area contributed by atoms with Gasteiger partial charge in [0.25, 0.3) is 0 Å². The first-order valence-electron chi connectivity index (χ1n) is 8.11. The first-order chi connectivity index (χ1) is 12.3. The fourth-order valence-corrected chi connectivity index (χ4v) is 6.75. The maximum Gasteiger partial charge on any atom is 0.173 e. The van der Waals surface area contributed by atoms with Crippen LogP contribution in [0.4, 0.5) is 0 Å². The Balaban J connectivity index is 0.00000243. The lowest BCUT2D eigenvalue weighted by molar-refractivity contribution is -0.112. The van der Waals surface area contributed by atoms with E-state index in [1.165, 1.54) is 15.9 Å². The lowest BCUT2D eigenvalue weighted by Crippen LogP contribution is -3.00. The van der Waals surface area contributed by atoms with Gasteiger partial charge in [-0.2, -0.15) is 0 Å². The van der Waals surface area contributed by atoms with Gasteiger partial charge in [-0.3, -0.25) is 4.79 Å². The second-order valence-electron chi connectivity index (χ2n) is 5.65. The second-order valence-corrected chi connectivity index (χ2v) is 9.21. The summed E-state index contributed by atoms with van der Waals surface area (Å²) in [6, 6.07) is 31.2. The van der Waals surface area contributed by atoms with Crippen LogP contribution in [0.25, 0.3) is 0 Å². The molecule has 0 unspecified atom stereocenters. The van der Waals surface area contributed by atoms with E-state index >= 15 is 0 Å². The molecule has 132 valence electrons. The summed E-state index contributed by atoms with van der Waals surface area (Å²) in [5.41, 5.74) is 0. The van der Waals surface area contributed by atoms with E-state index in [0.29, 0.717) is 0 Å². The zero-order valence-corrected chi connectivity index (χ0v) is 16.5. The molecule has 0 aliphatic rings. The topological polar surface area (TPSA) is 17.1 Å². The van der Waals surface area contributed by atoms with E-state index in [0.717, 1.165) is 0 Å². The van der Waals surface area contributed by atoms with Crippen molar-refractivity contribution >= 4 is 40.6 Å². The Labute approximate surface area is 166 Å². The van der Waals surface area contributed by atoms with Crippen molar-refractivity contribution in [1.29, 1.82) is 0 Å². The summed E-state index contributed by atoms with van der Waals surface area (Å²) in [6.07, 6.45) is 1.65. The van der Waals surface area contributed by atoms with Crippen molar-refractivity contribution in [2.24, 2.45) is 0 Å². The third kappa shape index (κ3) is 4.24. The summed E-state index contributed by atoms with van der Waals surface area (Å²) in [6.45, 7) is 0. The number of carbonyl (C=O) groups excluding carboxylic acids is 1. The Bertz CT molecular complexity index is 752. The number of ketones is 1. The first kappa shape index (κ1) is 20.4. The van der Waals surface area contributed by atoms with Crippen molar-refractivity contribution in [2.45, 2.75) is 0 Å². The SMILES string of the molecule is O=C(/C=C/[P+](c1ccccc1)(c1ccccc1)c1ccccc1)CCl.[Cl-]. The van der Waals surface area contributed by atoms with Crippen LogP contribution in [0.5, 0.6) is 0 Å². The molecule has 3 rings (SSSR count). The van der Waals surface area contributed by atoms with Crippen LogP contribution >= 0.6 is 18.9 Å². The van der Waals surface area contributed by atoms with Crippen LogP contribution in [-0.4, -0.2) is 11.7 Å². The molecule has 0 saturated heterocycles. The van der Waals surface area contributed by atoms with Gasteiger partial charge in [-0.1, -0.05) is 54.6 Å². The Morgan fingerprint density at radius 1 is 0.731 bits per heavy atom. The van der Waals surface area contributed by atoms with E-state index in [1.54, 1.807) is 6.08 Å². The highest BCUT2D eigenvalue weighted by Gasteiger charge is 2.43. The van der Waals surface area contributed by atoms with Gasteiger partial charge in [0.05, 0.1) is 11.7 Å². The Hall–Kier alpha value is -1.92. The van der Waals surface area contributed by atoms with Crippen molar-refractivity contribution in [1.82, 2.24) is 0 Å². The van der Waals surface area contributed by atoms with Gasteiger partial charge in [-0.15, -0.1) is 11.6 Å². The van der Waals surface area contributed by atoms with Gasteiger partial charge in [0.1, 0.15) is 23.2 Å². The van der Waals surface area contributed by atoms with Gasteiger partial charge in [0.15, 0.2) is 5.78 Å². The molecule has 3 aromatic rings. The Morgan fingerprint density at radius 3 is 1.38 bits per heavy atom. The molecule has 3 aromatic carbocycles. The number of benzene rings is 3. The zero-order chi connectivity index (χ0) is 17.5. The number of carbonyl (C=O) groups is 1. The van der Waals surface area contributed by atoms with Gasteiger partial charge in [0.2, 0.25) is 0 Å². The molecule has 0 aliphatic heterocycles. The maximum atomic E-state index is 12.0. The number of hydrogen-bond acceptors (Lipinski definition) is 1. The normalized spacial score (nSPS) is 11.1. The molecule has 0 heterocycles. The monoisotopic (exact) mass is 400 g/mol. The van der Waals surface area contributed by atoms with Gasteiger partial charge >= 0.3 is 0 Å². The quantitative estimate of drug-likeness (QED) is 0.346. The van der Waals surface area contributed by atoms with Crippen LogP contribution in [0.15, 0.2) is 103 Å². The van der Waals surface area contributed by atoms with Crippen molar-refractivity contribution < 1.29 is 17.2 Å². The summed E-state index contributed by atoms with van der Waals surface area (Å²) < 4.78 is 0. The summed E-state index contributed by atoms with van der Waals surface area (Å²) >= 11 is 5.73. The van der Waals surface area contributed by atoms with Crippen molar-refractivity contribution in [3.05, 3.63) is 103 Å². The van der Waals surface area contributed by atoms with E-state index in [2.05, 4.69) is 42.2 Å². The van der Waals surface area contributed by atoms with Gasteiger partial charge in [-0.25, -0.2) is 0 Å². The molecule has 0 fully saturated rings. The molecule has 0 amide bonds. The average Bonchev–Trinajstić information content (AvgIpc) is 2.71. The first-order valence-corrected chi connectivity index (χ1v) is 10.5. The predicted molar refractivity (Wildman–Crippen MR) is 110 cm³/mol. The molecule has 0 aliphatic carbocycles. The van der Waals surface area contributed by atoms with Gasteiger partial charge in [0, 0.05) is 6.08 Å². The van der Waals surface area contributed by atoms with E-state index in [1.807, 2.05) is 54.6 Å². The zero-order valence-electron chi connectivity index (χ0n) is 14.1. The Kier molecular flexibility index (Phi) is 7.60. The van der Waals surface area contributed by atoms with Gasteiger partial charge < -0.3 is 12.4 Å². The minimum Gasteiger partial charge on any atom is -1.00 e. The highest BCUT2D eigenvalue weighted by Crippen LogP contribution is 2.56. The summed E-state index contributed by atoms with van der Waals surface area (Å²) in [5.74, 6) is 2.00. The molecule has 0 saturated carbocycles. The smallest absolute Gasteiger partial charge is 0.173 e. The minimum absolute atomic E-state index is 0. The Morgan fingerprint density at radius 2 is 1.08 bits per heavy atom. The fourth-order valence-electron chi connectivity index (χ4n) is 2.93. The van der Waals surface area contributed by atoms with Crippen molar-refractivity contribution in [3.8, 4) is 0 Å². The molecule has 0 aromatic heterocycles. The molecule has 0 spiro atoms. The lowest BCUT2D eigenvalue weighted by atomic mass is 10.4. The minimum atomic E-state index is -2.08. The molecule has 4 heteroatoms. The van der Waals surface area contributed by atoms with Crippen molar-refractivity contribution in [2.75, 3.05) is 5.88 Å². The molecule has 26 heavy (non-hydrogen) atoms. The average molecular weight is 401 g/mol. The molecule has 1 nitrogen and oxygen atoms in total. The second kappa shape index (κ2) is 9.69. The van der Waals surface area contributed by atoms with E-state index < -0.39 is 7.26 Å². The van der Waals surface area contributed by atoms with Crippen LogP contribution in [0.3, 0.4) is 0 Å². The highest BCUT2D eigenvalue weighted by molar-refractivity contribution is 7.98. The molecular formula is C22H19Cl2OP. The van der Waals surface area contributed by atoms with Crippen LogP contribution in [0.1, 0.15) is 0 Å². The maximum absolute atomic E-state index is 12.0. The van der Waals surface area contributed by atoms with Crippen LogP contribution in [0.2, 0.25) is 0 Å². The lowest BCUT2D eigenvalue weighted by Gasteiger charge is -2.23. The third-order valence-corrected chi connectivity index (χ3v) is 8.30. The molecule has 0 bridgehead atoms. The summed E-state index contributed by atoms with van der Waals surface area (Å²) in [5, 5.41) is 3.64. The van der Waals surface area contributed by atoms with Crippen LogP contribution in [0, 0.1) is 0 Å². The number of allylic oxidation sites excluding steroid dienone is 1. The molecule has 0 N–H and O–H groups in total. The van der Waals surface area contributed by atoms with E-state index in [4.69, 9.17) is 11.6 Å². The molecule has 0 atom stereocenters. The number of alkyl halides is 1. The predicted octanol–water partition coefficient (Wildman–Crippen LogP) is 1.31. The fraction of sp³-hybridized carbons (Fsp3) is 0.0455. The summed E-state index contributed by atoms with van der Waals surface area (Å²) in [7, 11) is -2.08. The van der Waals surface area contributed by atoms with E-state index in [9.17, 15) is 4.79 Å². The number of halogens is 2. The van der Waals surface area contributed by atoms with E-state index in [-0.39, 0.29) is 24.1 Å². The van der Waals surface area contributed by atoms with Crippen LogP contribution in [-0.2, 0) is 4.79 Å². The third-order valence-electron chi connectivity index (χ3n) is 4.11.